The number of nitrogens with zero attached hydrogens (tertiary/aromatic N) is 1. The molecule has 1 aromatic heterocycles. The lowest BCUT2D eigenvalue weighted by Gasteiger charge is -2.15. The molecular weight excluding hydrogens is 320 g/mol. The number of sulfonamides is 1. The Kier molecular flexibility index (Phi) is 5.41. The van der Waals surface area contributed by atoms with Crippen LogP contribution in [0.4, 0.5) is 0 Å². The Morgan fingerprint density at radius 2 is 1.91 bits per heavy atom. The molecule has 0 radical (unpaired) electrons. The van der Waals surface area contributed by atoms with Crippen molar-refractivity contribution in [1.29, 1.82) is 0 Å². The SMILES string of the molecule is CCCn1c(=O)sc2cc(S(=O)(=O)NC(CC)CC)ccc21. The smallest absolute Gasteiger partial charge is 0.299 e. The summed E-state index contributed by atoms with van der Waals surface area (Å²) in [7, 11) is -3.55. The van der Waals surface area contributed by atoms with E-state index in [0.717, 1.165) is 36.1 Å². The summed E-state index contributed by atoms with van der Waals surface area (Å²) in [4.78, 5) is 12.2. The van der Waals surface area contributed by atoms with Crippen molar-refractivity contribution in [2.24, 2.45) is 0 Å². The van der Waals surface area contributed by atoms with Gasteiger partial charge in [-0.1, -0.05) is 32.1 Å². The largest absolute Gasteiger partial charge is 0.308 e. The molecular formula is C15H22N2O3S2. The lowest BCUT2D eigenvalue weighted by molar-refractivity contribution is 0.530. The number of fused-ring (bicyclic) bond motifs is 1. The van der Waals surface area contributed by atoms with E-state index in [9.17, 15) is 13.2 Å². The first kappa shape index (κ1) is 17.2. The van der Waals surface area contributed by atoms with Gasteiger partial charge in [0.05, 0.1) is 15.1 Å². The molecule has 2 rings (SSSR count). The number of aromatic nitrogens is 1. The van der Waals surface area contributed by atoms with E-state index in [2.05, 4.69) is 4.72 Å². The van der Waals surface area contributed by atoms with Crippen LogP contribution in [0.25, 0.3) is 10.2 Å². The first-order chi connectivity index (χ1) is 10.4. The van der Waals surface area contributed by atoms with Crippen LogP contribution < -0.4 is 9.60 Å². The number of nitrogens with one attached hydrogen (secondary N) is 1. The van der Waals surface area contributed by atoms with E-state index in [4.69, 9.17) is 0 Å². The zero-order chi connectivity index (χ0) is 16.3. The highest BCUT2D eigenvalue weighted by Crippen LogP contribution is 2.22. The van der Waals surface area contributed by atoms with Crippen LogP contribution in [0.2, 0.25) is 0 Å². The second kappa shape index (κ2) is 6.93. The van der Waals surface area contributed by atoms with Crippen LogP contribution in [0.3, 0.4) is 0 Å². The van der Waals surface area contributed by atoms with Crippen LogP contribution in [0.5, 0.6) is 0 Å². The summed E-state index contributed by atoms with van der Waals surface area (Å²) in [5.74, 6) is 0. The number of hydrogen-bond donors (Lipinski definition) is 1. The molecule has 1 aromatic carbocycles. The minimum absolute atomic E-state index is 0.0423. The van der Waals surface area contributed by atoms with E-state index >= 15 is 0 Å². The lowest BCUT2D eigenvalue weighted by atomic mass is 10.2. The standard InChI is InChI=1S/C15H22N2O3S2/c1-4-9-17-13-8-7-12(10-14(13)21-15(17)18)22(19,20)16-11(5-2)6-3/h7-8,10-11,16H,4-6,9H2,1-3H3. The minimum Gasteiger partial charge on any atom is -0.299 e. The maximum atomic E-state index is 12.4. The predicted molar refractivity (Wildman–Crippen MR) is 91.1 cm³/mol. The lowest BCUT2D eigenvalue weighted by Crippen LogP contribution is -2.33. The molecule has 0 fully saturated rings. The van der Waals surface area contributed by atoms with Gasteiger partial charge in [-0.2, -0.15) is 0 Å². The average molecular weight is 342 g/mol. The Morgan fingerprint density at radius 3 is 2.50 bits per heavy atom. The fraction of sp³-hybridized carbons (Fsp3) is 0.533. The fourth-order valence-electron chi connectivity index (χ4n) is 2.39. The molecule has 0 amide bonds. The topological polar surface area (TPSA) is 68.2 Å². The summed E-state index contributed by atoms with van der Waals surface area (Å²) in [5.41, 5.74) is 0.804. The zero-order valence-corrected chi connectivity index (χ0v) is 14.8. The summed E-state index contributed by atoms with van der Waals surface area (Å²) in [6.45, 7) is 6.57. The Balaban J connectivity index is 2.43. The molecule has 0 atom stereocenters. The second-order valence-electron chi connectivity index (χ2n) is 5.28. The average Bonchev–Trinajstić information content (AvgIpc) is 2.80. The van der Waals surface area contributed by atoms with Crippen molar-refractivity contribution in [3.63, 3.8) is 0 Å². The van der Waals surface area contributed by atoms with Crippen LogP contribution in [-0.4, -0.2) is 19.0 Å². The van der Waals surface area contributed by atoms with Crippen molar-refractivity contribution in [1.82, 2.24) is 9.29 Å². The van der Waals surface area contributed by atoms with Crippen LogP contribution in [0.15, 0.2) is 27.9 Å². The van der Waals surface area contributed by atoms with Crippen molar-refractivity contribution < 1.29 is 8.42 Å². The third-order valence-electron chi connectivity index (χ3n) is 3.70. The van der Waals surface area contributed by atoms with Gasteiger partial charge in [0.15, 0.2) is 0 Å². The monoisotopic (exact) mass is 342 g/mol. The van der Waals surface area contributed by atoms with Gasteiger partial charge in [-0.25, -0.2) is 13.1 Å². The Morgan fingerprint density at radius 1 is 1.23 bits per heavy atom. The number of rotatable bonds is 7. The van der Waals surface area contributed by atoms with Crippen LogP contribution in [-0.2, 0) is 16.6 Å². The van der Waals surface area contributed by atoms with Gasteiger partial charge in [-0.15, -0.1) is 0 Å². The highest BCUT2D eigenvalue weighted by atomic mass is 32.2. The van der Waals surface area contributed by atoms with Crippen LogP contribution >= 0.6 is 11.3 Å². The van der Waals surface area contributed by atoms with Crippen molar-refractivity contribution >= 4 is 31.6 Å². The van der Waals surface area contributed by atoms with Crippen molar-refractivity contribution in [3.8, 4) is 0 Å². The summed E-state index contributed by atoms with van der Waals surface area (Å²) in [5, 5.41) is 0. The molecule has 0 bridgehead atoms. The maximum Gasteiger partial charge on any atom is 0.308 e. The third-order valence-corrected chi connectivity index (χ3v) is 6.16. The minimum atomic E-state index is -3.55. The quantitative estimate of drug-likeness (QED) is 0.841. The molecule has 0 spiro atoms. The Labute approximate surface area is 135 Å². The van der Waals surface area contributed by atoms with Gasteiger partial charge >= 0.3 is 4.87 Å². The van der Waals surface area contributed by atoms with Gasteiger partial charge < -0.3 is 0 Å². The first-order valence-electron chi connectivity index (χ1n) is 7.58. The normalized spacial score (nSPS) is 12.4. The van der Waals surface area contributed by atoms with E-state index < -0.39 is 10.0 Å². The summed E-state index contributed by atoms with van der Waals surface area (Å²) >= 11 is 1.09. The number of aryl methyl sites for hydroxylation is 1. The van der Waals surface area contributed by atoms with E-state index in [1.807, 2.05) is 20.8 Å². The van der Waals surface area contributed by atoms with Crippen LogP contribution in [0, 0.1) is 0 Å². The van der Waals surface area contributed by atoms with Gasteiger partial charge in [0.1, 0.15) is 0 Å². The molecule has 0 unspecified atom stereocenters. The molecule has 0 saturated carbocycles. The van der Waals surface area contributed by atoms with Gasteiger partial charge in [-0.05, 0) is 37.5 Å². The number of hydrogen-bond acceptors (Lipinski definition) is 4. The highest BCUT2D eigenvalue weighted by Gasteiger charge is 2.19. The molecule has 0 aliphatic heterocycles. The van der Waals surface area contributed by atoms with E-state index in [0.29, 0.717) is 11.2 Å². The Bertz CT molecular complexity index is 802. The van der Waals surface area contributed by atoms with Crippen molar-refractivity contribution in [2.75, 3.05) is 0 Å². The molecule has 122 valence electrons. The number of benzene rings is 1. The van der Waals surface area contributed by atoms with Crippen LogP contribution in [0.1, 0.15) is 40.0 Å². The molecule has 1 heterocycles. The maximum absolute atomic E-state index is 12.4. The molecule has 1 N–H and O–H groups in total. The van der Waals surface area contributed by atoms with Gasteiger partial charge in [0, 0.05) is 12.6 Å². The number of thiazole rings is 1. The van der Waals surface area contributed by atoms with Gasteiger partial charge in [0.2, 0.25) is 10.0 Å². The van der Waals surface area contributed by atoms with Gasteiger partial charge in [-0.3, -0.25) is 9.36 Å². The molecule has 0 aliphatic carbocycles. The summed E-state index contributed by atoms with van der Waals surface area (Å²) in [6, 6.07) is 4.83. The zero-order valence-electron chi connectivity index (χ0n) is 13.1. The van der Waals surface area contributed by atoms with E-state index in [-0.39, 0.29) is 15.8 Å². The second-order valence-corrected chi connectivity index (χ2v) is 7.99. The van der Waals surface area contributed by atoms with E-state index in [1.54, 1.807) is 22.8 Å². The third kappa shape index (κ3) is 3.42. The highest BCUT2D eigenvalue weighted by molar-refractivity contribution is 7.89. The molecule has 2 aromatic rings. The molecule has 5 nitrogen and oxygen atoms in total. The van der Waals surface area contributed by atoms with Crippen molar-refractivity contribution in [3.05, 3.63) is 27.9 Å². The molecule has 22 heavy (non-hydrogen) atoms. The molecule has 7 heteroatoms. The molecule has 0 saturated heterocycles. The predicted octanol–water partition coefficient (Wildman–Crippen LogP) is 2.94. The summed E-state index contributed by atoms with van der Waals surface area (Å²) in [6.07, 6.45) is 2.36. The summed E-state index contributed by atoms with van der Waals surface area (Å²) < 4.78 is 30.0. The first-order valence-corrected chi connectivity index (χ1v) is 9.88. The van der Waals surface area contributed by atoms with E-state index in [1.165, 1.54) is 0 Å². The van der Waals surface area contributed by atoms with Crippen molar-refractivity contribution in [2.45, 2.75) is 57.5 Å². The van der Waals surface area contributed by atoms with Gasteiger partial charge in [0.25, 0.3) is 0 Å². The molecule has 0 aliphatic rings. The fourth-order valence-corrected chi connectivity index (χ4v) is 4.85. The Hall–Kier alpha value is -1.18.